The van der Waals surface area contributed by atoms with Crippen LogP contribution in [0.25, 0.3) is 0 Å². The van der Waals surface area contributed by atoms with Crippen LogP contribution in [-0.2, 0) is 16.4 Å². The number of hydrogen-bond acceptors (Lipinski definition) is 3. The maximum Gasteiger partial charge on any atom is 0.243 e. The molecule has 1 aromatic heterocycles. The molecule has 102 valence electrons. The van der Waals surface area contributed by atoms with Crippen molar-refractivity contribution >= 4 is 33.0 Å². The van der Waals surface area contributed by atoms with Gasteiger partial charge in [-0.3, -0.25) is 0 Å². The fraction of sp³-hybridized carbons (Fsp3) is 0.167. The first-order valence-electron chi connectivity index (χ1n) is 5.46. The van der Waals surface area contributed by atoms with Crippen molar-refractivity contribution in [2.24, 2.45) is 0 Å². The Hall–Kier alpha value is -0.950. The Morgan fingerprint density at radius 3 is 2.79 bits per heavy atom. The summed E-state index contributed by atoms with van der Waals surface area (Å²) in [7, 11) is -3.87. The number of nitrogens with one attached hydrogen (secondary N) is 1. The van der Waals surface area contributed by atoms with E-state index in [-0.39, 0.29) is 11.6 Å². The van der Waals surface area contributed by atoms with Gasteiger partial charge in [0.05, 0.1) is 0 Å². The van der Waals surface area contributed by atoms with Crippen molar-refractivity contribution in [3.63, 3.8) is 0 Å². The first-order valence-corrected chi connectivity index (χ1v) is 8.20. The summed E-state index contributed by atoms with van der Waals surface area (Å²) in [6.45, 7) is 0.217. The number of benzene rings is 1. The van der Waals surface area contributed by atoms with Gasteiger partial charge < -0.3 is 0 Å². The molecular weight excluding hydrogens is 309 g/mol. The lowest BCUT2D eigenvalue weighted by Crippen LogP contribution is -2.26. The highest BCUT2D eigenvalue weighted by Gasteiger charge is 2.18. The van der Waals surface area contributed by atoms with Gasteiger partial charge >= 0.3 is 0 Å². The minimum Gasteiger partial charge on any atom is -0.211 e. The molecule has 0 bridgehead atoms. The standard InChI is InChI=1S/C12H11ClFNO2S2/c13-9-3-4-11(14)12(8-9)19(16,17)15-6-5-10-2-1-7-18-10/h1-4,7-8,15H,5-6H2. The highest BCUT2D eigenvalue weighted by molar-refractivity contribution is 7.89. The lowest BCUT2D eigenvalue weighted by molar-refractivity contribution is 0.557. The Kier molecular flexibility index (Phi) is 4.57. The second-order valence-corrected chi connectivity index (χ2v) is 7.01. The fourth-order valence-corrected chi connectivity index (χ4v) is 3.60. The van der Waals surface area contributed by atoms with Gasteiger partial charge in [0.15, 0.2) is 0 Å². The van der Waals surface area contributed by atoms with E-state index in [4.69, 9.17) is 11.6 Å². The molecular formula is C12H11ClFNO2S2. The largest absolute Gasteiger partial charge is 0.243 e. The number of thiophene rings is 1. The van der Waals surface area contributed by atoms with Gasteiger partial charge in [0.1, 0.15) is 10.7 Å². The summed E-state index contributed by atoms with van der Waals surface area (Å²) in [6, 6.07) is 7.26. The van der Waals surface area contributed by atoms with Gasteiger partial charge in [0, 0.05) is 16.4 Å². The van der Waals surface area contributed by atoms with Crippen molar-refractivity contribution in [1.29, 1.82) is 0 Å². The molecule has 7 heteroatoms. The number of hydrogen-bond donors (Lipinski definition) is 1. The molecule has 0 unspecified atom stereocenters. The van der Waals surface area contributed by atoms with Crippen molar-refractivity contribution < 1.29 is 12.8 Å². The molecule has 3 nitrogen and oxygen atoms in total. The maximum absolute atomic E-state index is 13.5. The molecule has 0 radical (unpaired) electrons. The zero-order valence-corrected chi connectivity index (χ0v) is 12.2. The van der Waals surface area contributed by atoms with E-state index in [9.17, 15) is 12.8 Å². The third-order valence-corrected chi connectivity index (χ3v) is 5.07. The van der Waals surface area contributed by atoms with Gasteiger partial charge in [-0.25, -0.2) is 17.5 Å². The summed E-state index contributed by atoms with van der Waals surface area (Å²) in [5.41, 5.74) is 0. The van der Waals surface area contributed by atoms with Crippen LogP contribution >= 0.6 is 22.9 Å². The quantitative estimate of drug-likeness (QED) is 0.920. The molecule has 0 aliphatic heterocycles. The minimum atomic E-state index is -3.87. The van der Waals surface area contributed by atoms with E-state index in [0.29, 0.717) is 6.42 Å². The predicted octanol–water partition coefficient (Wildman–Crippen LogP) is 3.06. The first-order chi connectivity index (χ1) is 8.99. The SMILES string of the molecule is O=S(=O)(NCCc1cccs1)c1cc(Cl)ccc1F. The fourth-order valence-electron chi connectivity index (χ4n) is 1.52. The van der Waals surface area contributed by atoms with Crippen LogP contribution in [0.1, 0.15) is 4.88 Å². The molecule has 19 heavy (non-hydrogen) atoms. The van der Waals surface area contributed by atoms with Crippen molar-refractivity contribution in [2.45, 2.75) is 11.3 Å². The first kappa shape index (κ1) is 14.5. The van der Waals surface area contributed by atoms with Gasteiger partial charge in [0.25, 0.3) is 0 Å². The summed E-state index contributed by atoms with van der Waals surface area (Å²) in [6.07, 6.45) is 0.569. The molecule has 0 spiro atoms. The third kappa shape index (κ3) is 3.76. The highest BCUT2D eigenvalue weighted by Crippen LogP contribution is 2.19. The molecule has 0 aliphatic carbocycles. The molecule has 0 atom stereocenters. The van der Waals surface area contributed by atoms with Gasteiger partial charge in [-0.2, -0.15) is 0 Å². The van der Waals surface area contributed by atoms with Crippen LogP contribution in [0.3, 0.4) is 0 Å². The second kappa shape index (κ2) is 6.00. The van der Waals surface area contributed by atoms with Crippen LogP contribution < -0.4 is 4.72 Å². The van der Waals surface area contributed by atoms with Crippen LogP contribution in [0.15, 0.2) is 40.6 Å². The lowest BCUT2D eigenvalue weighted by Gasteiger charge is -2.07. The Morgan fingerprint density at radius 1 is 1.32 bits per heavy atom. The van der Waals surface area contributed by atoms with Gasteiger partial charge in [-0.05, 0) is 36.1 Å². The number of sulfonamides is 1. The Balaban J connectivity index is 2.07. The summed E-state index contributed by atoms with van der Waals surface area (Å²) in [5, 5.41) is 2.10. The Labute approximate surface area is 120 Å². The lowest BCUT2D eigenvalue weighted by atomic mass is 10.3. The van der Waals surface area contributed by atoms with Crippen molar-refractivity contribution in [3.05, 3.63) is 51.4 Å². The zero-order valence-electron chi connectivity index (χ0n) is 9.77. The molecule has 2 aromatic rings. The number of rotatable bonds is 5. The van der Waals surface area contributed by atoms with E-state index in [1.165, 1.54) is 6.07 Å². The summed E-state index contributed by atoms with van der Waals surface area (Å²) < 4.78 is 39.7. The molecule has 1 aromatic carbocycles. The molecule has 0 saturated heterocycles. The topological polar surface area (TPSA) is 46.2 Å². The summed E-state index contributed by atoms with van der Waals surface area (Å²) in [5.74, 6) is -0.812. The Morgan fingerprint density at radius 2 is 2.11 bits per heavy atom. The molecule has 0 fully saturated rings. The Bertz CT molecular complexity index is 656. The smallest absolute Gasteiger partial charge is 0.211 e. The second-order valence-electron chi connectivity index (χ2n) is 3.80. The molecule has 1 heterocycles. The minimum absolute atomic E-state index is 0.181. The predicted molar refractivity (Wildman–Crippen MR) is 74.6 cm³/mol. The highest BCUT2D eigenvalue weighted by atomic mass is 35.5. The molecule has 0 saturated carbocycles. The van der Waals surface area contributed by atoms with Crippen molar-refractivity contribution in [2.75, 3.05) is 6.54 Å². The van der Waals surface area contributed by atoms with Crippen molar-refractivity contribution in [1.82, 2.24) is 4.72 Å². The van der Waals surface area contributed by atoms with Crippen LogP contribution in [0.5, 0.6) is 0 Å². The normalized spacial score (nSPS) is 11.7. The van der Waals surface area contributed by atoms with E-state index >= 15 is 0 Å². The third-order valence-electron chi connectivity index (χ3n) is 2.43. The monoisotopic (exact) mass is 319 g/mol. The van der Waals surface area contributed by atoms with E-state index in [1.807, 2.05) is 17.5 Å². The van der Waals surface area contributed by atoms with Crippen LogP contribution in [-0.4, -0.2) is 15.0 Å². The average molecular weight is 320 g/mol. The van der Waals surface area contributed by atoms with E-state index in [1.54, 1.807) is 11.3 Å². The van der Waals surface area contributed by atoms with Gasteiger partial charge in [-0.15, -0.1) is 11.3 Å². The average Bonchev–Trinajstić information content (AvgIpc) is 2.85. The van der Waals surface area contributed by atoms with Crippen LogP contribution in [0.2, 0.25) is 5.02 Å². The van der Waals surface area contributed by atoms with E-state index in [2.05, 4.69) is 4.72 Å². The van der Waals surface area contributed by atoms with Gasteiger partial charge in [-0.1, -0.05) is 17.7 Å². The zero-order chi connectivity index (χ0) is 13.9. The van der Waals surface area contributed by atoms with Crippen LogP contribution in [0.4, 0.5) is 4.39 Å². The number of halogens is 2. The van der Waals surface area contributed by atoms with E-state index in [0.717, 1.165) is 17.0 Å². The molecule has 0 amide bonds. The summed E-state index contributed by atoms with van der Waals surface area (Å²) in [4.78, 5) is 0.639. The van der Waals surface area contributed by atoms with Gasteiger partial charge in [0.2, 0.25) is 10.0 Å². The molecule has 1 N–H and O–H groups in total. The maximum atomic E-state index is 13.5. The van der Waals surface area contributed by atoms with Crippen LogP contribution in [0, 0.1) is 5.82 Å². The van der Waals surface area contributed by atoms with E-state index < -0.39 is 20.7 Å². The molecule has 2 rings (SSSR count). The van der Waals surface area contributed by atoms with Crippen molar-refractivity contribution in [3.8, 4) is 0 Å². The molecule has 0 aliphatic rings. The summed E-state index contributed by atoms with van der Waals surface area (Å²) >= 11 is 7.23.